The van der Waals surface area contributed by atoms with Crippen molar-refractivity contribution in [2.24, 2.45) is 0 Å². The number of methoxy groups -OCH3 is 1. The third kappa shape index (κ3) is 8.00. The van der Waals surface area contributed by atoms with Crippen molar-refractivity contribution in [2.45, 2.75) is 37.9 Å². The van der Waals surface area contributed by atoms with Gasteiger partial charge < -0.3 is 24.6 Å². The van der Waals surface area contributed by atoms with Gasteiger partial charge in [0.1, 0.15) is 0 Å². The van der Waals surface area contributed by atoms with E-state index in [9.17, 15) is 5.11 Å². The SMILES string of the molecule is COCCOCC(O)CNCCC1CCCCO1. The molecular weight excluding hydrogens is 234 g/mol. The van der Waals surface area contributed by atoms with Crippen LogP contribution >= 0.6 is 0 Å². The van der Waals surface area contributed by atoms with Crippen molar-refractivity contribution in [3.8, 4) is 0 Å². The summed E-state index contributed by atoms with van der Waals surface area (Å²) in [7, 11) is 1.63. The molecule has 1 rings (SSSR count). The van der Waals surface area contributed by atoms with Gasteiger partial charge in [-0.25, -0.2) is 0 Å². The summed E-state index contributed by atoms with van der Waals surface area (Å²) < 4.78 is 15.7. The number of ether oxygens (including phenoxy) is 3. The Hall–Kier alpha value is -0.200. The molecule has 0 bridgehead atoms. The number of aliphatic hydroxyl groups is 1. The third-order valence-electron chi connectivity index (χ3n) is 3.04. The molecule has 1 aliphatic rings. The highest BCUT2D eigenvalue weighted by atomic mass is 16.5. The van der Waals surface area contributed by atoms with Crippen molar-refractivity contribution in [1.29, 1.82) is 0 Å². The smallest absolute Gasteiger partial charge is 0.0897 e. The number of aliphatic hydroxyl groups excluding tert-OH is 1. The van der Waals surface area contributed by atoms with E-state index in [1.165, 1.54) is 19.3 Å². The standard InChI is InChI=1S/C13H27NO4/c1-16-8-9-17-11-12(15)10-14-6-5-13-4-2-3-7-18-13/h12-15H,2-11H2,1H3. The van der Waals surface area contributed by atoms with Crippen molar-refractivity contribution in [2.75, 3.05) is 46.6 Å². The summed E-state index contributed by atoms with van der Waals surface area (Å²) in [4.78, 5) is 0. The van der Waals surface area contributed by atoms with Crippen LogP contribution in [0.5, 0.6) is 0 Å². The predicted molar refractivity (Wildman–Crippen MR) is 69.8 cm³/mol. The average molecular weight is 261 g/mol. The van der Waals surface area contributed by atoms with E-state index in [1.54, 1.807) is 7.11 Å². The van der Waals surface area contributed by atoms with Crippen molar-refractivity contribution < 1.29 is 19.3 Å². The zero-order chi connectivity index (χ0) is 13.1. The first kappa shape index (κ1) is 15.9. The Bertz CT molecular complexity index is 186. The first-order valence-corrected chi connectivity index (χ1v) is 6.90. The molecule has 108 valence electrons. The maximum atomic E-state index is 9.63. The summed E-state index contributed by atoms with van der Waals surface area (Å²) in [6.07, 6.45) is 4.62. The van der Waals surface area contributed by atoms with Crippen molar-refractivity contribution >= 4 is 0 Å². The third-order valence-corrected chi connectivity index (χ3v) is 3.04. The van der Waals surface area contributed by atoms with Crippen LogP contribution in [-0.2, 0) is 14.2 Å². The minimum absolute atomic E-state index is 0.357. The van der Waals surface area contributed by atoms with Crippen LogP contribution in [0, 0.1) is 0 Å². The van der Waals surface area contributed by atoms with E-state index in [0.29, 0.717) is 32.5 Å². The second-order valence-electron chi connectivity index (χ2n) is 4.70. The monoisotopic (exact) mass is 261 g/mol. The number of hydrogen-bond acceptors (Lipinski definition) is 5. The molecule has 1 fully saturated rings. The van der Waals surface area contributed by atoms with Crippen LogP contribution in [0.15, 0.2) is 0 Å². The van der Waals surface area contributed by atoms with Gasteiger partial charge in [0.25, 0.3) is 0 Å². The molecule has 0 aliphatic carbocycles. The molecule has 18 heavy (non-hydrogen) atoms. The second kappa shape index (κ2) is 10.7. The van der Waals surface area contributed by atoms with Gasteiger partial charge in [0.05, 0.1) is 32.0 Å². The Morgan fingerprint density at radius 2 is 2.28 bits per heavy atom. The molecule has 1 heterocycles. The summed E-state index contributed by atoms with van der Waals surface area (Å²) in [5.74, 6) is 0. The van der Waals surface area contributed by atoms with Gasteiger partial charge in [-0.2, -0.15) is 0 Å². The van der Waals surface area contributed by atoms with Crippen LogP contribution in [0.25, 0.3) is 0 Å². The highest BCUT2D eigenvalue weighted by molar-refractivity contribution is 4.66. The molecule has 0 spiro atoms. The molecule has 2 N–H and O–H groups in total. The Morgan fingerprint density at radius 3 is 3.00 bits per heavy atom. The fourth-order valence-electron chi connectivity index (χ4n) is 1.99. The first-order valence-electron chi connectivity index (χ1n) is 6.90. The lowest BCUT2D eigenvalue weighted by atomic mass is 10.1. The van der Waals surface area contributed by atoms with E-state index in [2.05, 4.69) is 5.32 Å². The fourth-order valence-corrected chi connectivity index (χ4v) is 1.99. The first-order chi connectivity index (χ1) is 8.83. The minimum atomic E-state index is -0.450. The molecule has 1 aliphatic heterocycles. The topological polar surface area (TPSA) is 60.0 Å². The largest absolute Gasteiger partial charge is 0.389 e. The number of hydrogen-bond donors (Lipinski definition) is 2. The summed E-state index contributed by atoms with van der Waals surface area (Å²) in [5, 5.41) is 12.9. The van der Waals surface area contributed by atoms with Gasteiger partial charge >= 0.3 is 0 Å². The summed E-state index contributed by atoms with van der Waals surface area (Å²) >= 11 is 0. The van der Waals surface area contributed by atoms with Gasteiger partial charge in [-0.3, -0.25) is 0 Å². The van der Waals surface area contributed by atoms with Gasteiger partial charge in [-0.05, 0) is 32.2 Å². The van der Waals surface area contributed by atoms with Crippen LogP contribution in [0.4, 0.5) is 0 Å². The molecule has 0 saturated carbocycles. The van der Waals surface area contributed by atoms with Crippen molar-refractivity contribution in [3.63, 3.8) is 0 Å². The van der Waals surface area contributed by atoms with Gasteiger partial charge in [-0.1, -0.05) is 0 Å². The average Bonchev–Trinajstić information content (AvgIpc) is 2.41. The zero-order valence-corrected chi connectivity index (χ0v) is 11.4. The predicted octanol–water partition coefficient (Wildman–Crippen LogP) is 0.559. The zero-order valence-electron chi connectivity index (χ0n) is 11.4. The van der Waals surface area contributed by atoms with Gasteiger partial charge in [0.15, 0.2) is 0 Å². The second-order valence-corrected chi connectivity index (χ2v) is 4.70. The Balaban J connectivity index is 1.86. The molecule has 2 atom stereocenters. The highest BCUT2D eigenvalue weighted by Gasteiger charge is 2.13. The molecule has 1 saturated heterocycles. The quantitative estimate of drug-likeness (QED) is 0.563. The molecule has 5 heteroatoms. The lowest BCUT2D eigenvalue weighted by Gasteiger charge is -2.22. The van der Waals surface area contributed by atoms with E-state index >= 15 is 0 Å². The molecule has 0 amide bonds. The van der Waals surface area contributed by atoms with Crippen LogP contribution < -0.4 is 5.32 Å². The molecular formula is C13H27NO4. The molecule has 0 aromatic heterocycles. The van der Waals surface area contributed by atoms with E-state index in [1.807, 2.05) is 0 Å². The minimum Gasteiger partial charge on any atom is -0.389 e. The highest BCUT2D eigenvalue weighted by Crippen LogP contribution is 2.14. The Kier molecular flexibility index (Phi) is 9.42. The van der Waals surface area contributed by atoms with Crippen LogP contribution in [0.2, 0.25) is 0 Å². The molecule has 0 radical (unpaired) electrons. The van der Waals surface area contributed by atoms with E-state index < -0.39 is 6.10 Å². The van der Waals surface area contributed by atoms with Gasteiger partial charge in [0.2, 0.25) is 0 Å². The molecule has 0 aromatic rings. The molecule has 5 nitrogen and oxygen atoms in total. The lowest BCUT2D eigenvalue weighted by Crippen LogP contribution is -2.33. The van der Waals surface area contributed by atoms with Crippen LogP contribution in [-0.4, -0.2) is 63.9 Å². The van der Waals surface area contributed by atoms with Crippen molar-refractivity contribution in [1.82, 2.24) is 5.32 Å². The number of rotatable bonds is 10. The summed E-state index contributed by atoms with van der Waals surface area (Å²) in [6.45, 7) is 3.82. The van der Waals surface area contributed by atoms with E-state index in [4.69, 9.17) is 14.2 Å². The summed E-state index contributed by atoms with van der Waals surface area (Å²) in [5.41, 5.74) is 0. The van der Waals surface area contributed by atoms with Crippen LogP contribution in [0.3, 0.4) is 0 Å². The van der Waals surface area contributed by atoms with E-state index in [0.717, 1.165) is 19.6 Å². The Labute approximate surface area is 110 Å². The maximum absolute atomic E-state index is 9.63. The lowest BCUT2D eigenvalue weighted by molar-refractivity contribution is 0.00626. The molecule has 0 aromatic carbocycles. The molecule has 2 unspecified atom stereocenters. The summed E-state index contributed by atoms with van der Waals surface area (Å²) in [6, 6.07) is 0. The van der Waals surface area contributed by atoms with Gasteiger partial charge in [0, 0.05) is 20.3 Å². The van der Waals surface area contributed by atoms with Crippen molar-refractivity contribution in [3.05, 3.63) is 0 Å². The van der Waals surface area contributed by atoms with E-state index in [-0.39, 0.29) is 0 Å². The fraction of sp³-hybridized carbons (Fsp3) is 1.00. The van der Waals surface area contributed by atoms with Crippen LogP contribution in [0.1, 0.15) is 25.7 Å². The number of nitrogens with one attached hydrogen (secondary N) is 1. The maximum Gasteiger partial charge on any atom is 0.0897 e. The van der Waals surface area contributed by atoms with Gasteiger partial charge in [-0.15, -0.1) is 0 Å². The Morgan fingerprint density at radius 1 is 1.39 bits per heavy atom. The normalized spacial score (nSPS) is 22.0.